The summed E-state index contributed by atoms with van der Waals surface area (Å²) in [6.07, 6.45) is 5.20. The van der Waals surface area contributed by atoms with Crippen LogP contribution in [-0.4, -0.2) is 38.7 Å². The van der Waals surface area contributed by atoms with Gasteiger partial charge in [0.05, 0.1) is 30.2 Å². The van der Waals surface area contributed by atoms with Crippen molar-refractivity contribution in [3.63, 3.8) is 0 Å². The molecular weight excluding hydrogens is 675 g/mol. The Labute approximate surface area is 308 Å². The van der Waals surface area contributed by atoms with Gasteiger partial charge in [-0.3, -0.25) is 9.59 Å². The number of anilines is 2. The number of aromatic nitrogens is 2. The molecule has 1 aliphatic rings. The van der Waals surface area contributed by atoms with Gasteiger partial charge < -0.3 is 30.9 Å². The van der Waals surface area contributed by atoms with Crippen LogP contribution in [0.2, 0.25) is 0 Å². The number of para-hydroxylation sites is 2. The standard InChI is InChI=1S/C41H43N5O5S/c42-35-9-1-2-10-36(35)46-39(49)12-4-3-11-38(48)45-25-29-7-5-8-33(23-29)30-17-19-32(20-18-30)40-50-34(27-52-41-43-21-6-22-44-41)24-37(51-40)31-15-13-28(26-47)14-16-31/h1-2,5-10,13-23,34,37,40,47H,3-4,11-12,24-27,42H2,(H,45,48)(H,46,49)/t34-,37+,40+/m0/s1. The van der Waals surface area contributed by atoms with Crippen LogP contribution >= 0.6 is 11.8 Å². The number of unbranched alkanes of at least 4 members (excludes halogenated alkanes) is 1. The number of rotatable bonds is 15. The van der Waals surface area contributed by atoms with Crippen molar-refractivity contribution >= 4 is 35.0 Å². The van der Waals surface area contributed by atoms with Crippen molar-refractivity contribution < 1.29 is 24.2 Å². The Morgan fingerprint density at radius 1 is 0.788 bits per heavy atom. The number of nitrogens with zero attached hydrogens (tertiary/aromatic N) is 2. The number of nitrogens with two attached hydrogens (primary N) is 1. The number of hydrogen-bond acceptors (Lipinski definition) is 9. The van der Waals surface area contributed by atoms with Crippen LogP contribution < -0.4 is 16.4 Å². The first kappa shape index (κ1) is 36.7. The zero-order valence-electron chi connectivity index (χ0n) is 28.8. The number of nitrogen functional groups attached to an aromatic ring is 1. The Kier molecular flexibility index (Phi) is 13.0. The summed E-state index contributed by atoms with van der Waals surface area (Å²) in [5.74, 6) is 0.512. The fraction of sp³-hybridized carbons (Fsp3) is 0.268. The first-order valence-corrected chi connectivity index (χ1v) is 18.4. The molecule has 1 aliphatic heterocycles. The molecule has 0 spiro atoms. The Morgan fingerprint density at radius 2 is 1.52 bits per heavy atom. The summed E-state index contributed by atoms with van der Waals surface area (Å²) in [5, 5.41) is 16.0. The van der Waals surface area contributed by atoms with Gasteiger partial charge in [-0.15, -0.1) is 0 Å². The van der Waals surface area contributed by atoms with Gasteiger partial charge >= 0.3 is 0 Å². The Morgan fingerprint density at radius 3 is 2.27 bits per heavy atom. The number of nitrogens with one attached hydrogen (secondary N) is 2. The van der Waals surface area contributed by atoms with Gasteiger partial charge in [0.2, 0.25) is 11.8 Å². The number of thioether (sulfide) groups is 1. The van der Waals surface area contributed by atoms with E-state index in [1.807, 2.05) is 66.7 Å². The summed E-state index contributed by atoms with van der Waals surface area (Å²) in [7, 11) is 0. The van der Waals surface area contributed by atoms with Gasteiger partial charge in [0, 0.05) is 49.5 Å². The second kappa shape index (κ2) is 18.4. The molecule has 1 saturated heterocycles. The second-order valence-corrected chi connectivity index (χ2v) is 13.6. The first-order valence-electron chi connectivity index (χ1n) is 17.4. The van der Waals surface area contributed by atoms with Gasteiger partial charge in [-0.25, -0.2) is 9.97 Å². The number of aliphatic hydroxyl groups excluding tert-OH is 1. The fourth-order valence-electron chi connectivity index (χ4n) is 5.93. The molecule has 5 N–H and O–H groups in total. The van der Waals surface area contributed by atoms with Crippen molar-refractivity contribution in [2.45, 2.75) is 68.9 Å². The molecule has 52 heavy (non-hydrogen) atoms. The van der Waals surface area contributed by atoms with E-state index in [9.17, 15) is 14.7 Å². The average molecular weight is 718 g/mol. The predicted molar refractivity (Wildman–Crippen MR) is 203 cm³/mol. The second-order valence-electron chi connectivity index (χ2n) is 12.6. The molecule has 1 aromatic heterocycles. The van der Waals surface area contributed by atoms with E-state index in [0.717, 1.165) is 33.4 Å². The Bertz CT molecular complexity index is 1910. The molecule has 0 aliphatic carbocycles. The highest BCUT2D eigenvalue weighted by Crippen LogP contribution is 2.39. The van der Waals surface area contributed by atoms with Crippen LogP contribution in [-0.2, 0) is 32.2 Å². The number of amides is 2. The number of ether oxygens (including phenoxy) is 2. The van der Waals surface area contributed by atoms with Gasteiger partial charge in [-0.05, 0) is 64.9 Å². The predicted octanol–water partition coefficient (Wildman–Crippen LogP) is 7.37. The summed E-state index contributed by atoms with van der Waals surface area (Å²) in [5.41, 5.74) is 12.9. The quantitative estimate of drug-likeness (QED) is 0.0377. The molecule has 0 bridgehead atoms. The molecule has 268 valence electrons. The normalized spacial score (nSPS) is 17.0. The maximum atomic E-state index is 12.5. The van der Waals surface area contributed by atoms with Gasteiger partial charge in [-0.2, -0.15) is 0 Å². The van der Waals surface area contributed by atoms with Gasteiger partial charge in [0.1, 0.15) is 0 Å². The molecule has 6 rings (SSSR count). The first-order chi connectivity index (χ1) is 25.4. The zero-order valence-corrected chi connectivity index (χ0v) is 29.6. The summed E-state index contributed by atoms with van der Waals surface area (Å²) in [6.45, 7) is 0.406. The van der Waals surface area contributed by atoms with Gasteiger partial charge in [-0.1, -0.05) is 90.6 Å². The molecule has 3 atom stereocenters. The molecule has 5 aromatic rings. The van der Waals surface area contributed by atoms with E-state index in [4.69, 9.17) is 15.2 Å². The minimum absolute atomic E-state index is 0.00661. The van der Waals surface area contributed by atoms with Crippen molar-refractivity contribution in [1.29, 1.82) is 0 Å². The van der Waals surface area contributed by atoms with E-state index in [-0.39, 0.29) is 30.6 Å². The average Bonchev–Trinajstić information content (AvgIpc) is 3.19. The van der Waals surface area contributed by atoms with Crippen molar-refractivity contribution in [1.82, 2.24) is 15.3 Å². The number of aliphatic hydroxyl groups is 1. The third-order valence-corrected chi connectivity index (χ3v) is 9.79. The molecule has 2 amide bonds. The molecule has 10 nitrogen and oxygen atoms in total. The van der Waals surface area contributed by atoms with E-state index in [0.29, 0.717) is 60.9 Å². The highest BCUT2D eigenvalue weighted by Gasteiger charge is 2.32. The Hall–Kier alpha value is -5.07. The van der Waals surface area contributed by atoms with Crippen molar-refractivity contribution in [2.24, 2.45) is 0 Å². The molecular formula is C41H43N5O5S. The number of carbonyl (C=O) groups is 2. The molecule has 2 heterocycles. The molecule has 0 radical (unpaired) electrons. The van der Waals surface area contributed by atoms with Gasteiger partial charge in [0.15, 0.2) is 11.4 Å². The maximum absolute atomic E-state index is 12.5. The third-order valence-electron chi connectivity index (χ3n) is 8.78. The smallest absolute Gasteiger partial charge is 0.224 e. The van der Waals surface area contributed by atoms with Crippen molar-refractivity contribution in [2.75, 3.05) is 16.8 Å². The molecule has 4 aromatic carbocycles. The van der Waals surface area contributed by atoms with Crippen molar-refractivity contribution in [3.05, 3.63) is 138 Å². The minimum Gasteiger partial charge on any atom is -0.397 e. The summed E-state index contributed by atoms with van der Waals surface area (Å²) in [6, 6.07) is 33.1. The highest BCUT2D eigenvalue weighted by molar-refractivity contribution is 7.99. The van der Waals surface area contributed by atoms with Crippen LogP contribution in [0.5, 0.6) is 0 Å². The minimum atomic E-state index is -0.564. The van der Waals surface area contributed by atoms with Crippen LogP contribution in [0, 0.1) is 0 Å². The highest BCUT2D eigenvalue weighted by atomic mass is 32.2. The van der Waals surface area contributed by atoms with E-state index < -0.39 is 6.29 Å². The lowest BCUT2D eigenvalue weighted by atomic mass is 9.99. The Balaban J connectivity index is 1.02. The molecule has 1 fully saturated rings. The van der Waals surface area contributed by atoms with Crippen LogP contribution in [0.3, 0.4) is 0 Å². The van der Waals surface area contributed by atoms with Crippen LogP contribution in [0.25, 0.3) is 11.1 Å². The lowest BCUT2D eigenvalue weighted by Crippen LogP contribution is -2.31. The number of carbonyl (C=O) groups excluding carboxylic acids is 2. The number of hydrogen-bond donors (Lipinski definition) is 4. The molecule has 0 saturated carbocycles. The van der Waals surface area contributed by atoms with E-state index in [2.05, 4.69) is 38.8 Å². The summed E-state index contributed by atoms with van der Waals surface area (Å²) in [4.78, 5) is 33.5. The van der Waals surface area contributed by atoms with Crippen molar-refractivity contribution in [3.8, 4) is 11.1 Å². The van der Waals surface area contributed by atoms with E-state index in [1.54, 1.807) is 42.4 Å². The van der Waals surface area contributed by atoms with Crippen LogP contribution in [0.1, 0.15) is 66.8 Å². The molecule has 11 heteroatoms. The SMILES string of the molecule is Nc1ccccc1NC(=O)CCCCC(=O)NCc1cccc(-c2ccc([C@@H]3O[C@H](CSc4ncccn4)C[C@H](c4ccc(CO)cc4)O3)cc2)c1. The zero-order chi connectivity index (χ0) is 36.1. The number of benzene rings is 4. The summed E-state index contributed by atoms with van der Waals surface area (Å²) < 4.78 is 13.0. The monoisotopic (exact) mass is 717 g/mol. The van der Waals surface area contributed by atoms with Crippen LogP contribution in [0.4, 0.5) is 11.4 Å². The lowest BCUT2D eigenvalue weighted by molar-refractivity contribution is -0.245. The lowest BCUT2D eigenvalue weighted by Gasteiger charge is -2.36. The third kappa shape index (κ3) is 10.5. The van der Waals surface area contributed by atoms with E-state index >= 15 is 0 Å². The van der Waals surface area contributed by atoms with E-state index in [1.165, 1.54) is 0 Å². The topological polar surface area (TPSA) is 149 Å². The fourth-order valence-corrected chi connectivity index (χ4v) is 6.75. The summed E-state index contributed by atoms with van der Waals surface area (Å²) >= 11 is 1.56. The molecule has 0 unspecified atom stereocenters. The van der Waals surface area contributed by atoms with Gasteiger partial charge in [0.25, 0.3) is 0 Å². The largest absolute Gasteiger partial charge is 0.397 e. The van der Waals surface area contributed by atoms with Crippen LogP contribution in [0.15, 0.2) is 121 Å². The maximum Gasteiger partial charge on any atom is 0.224 e.